The van der Waals surface area contributed by atoms with E-state index in [0.29, 0.717) is 0 Å². The Morgan fingerprint density at radius 2 is 1.80 bits per heavy atom. The fraction of sp³-hybridized carbons (Fsp3) is 0. The maximum absolute atomic E-state index is 5.47. The first-order valence-corrected chi connectivity index (χ1v) is 3.39. The van der Waals surface area contributed by atoms with Crippen LogP contribution in [0.15, 0.2) is 29.8 Å². The molecule has 0 aromatic heterocycles. The molecule has 0 unspecified atom stereocenters. The summed E-state index contributed by atoms with van der Waals surface area (Å²) in [4.78, 5) is 0. The SMILES string of the molecule is Nc1ccc(C=CCl)cc1. The summed E-state index contributed by atoms with van der Waals surface area (Å²) in [6, 6.07) is 7.50. The minimum absolute atomic E-state index is 0.770. The van der Waals surface area contributed by atoms with E-state index in [-0.39, 0.29) is 0 Å². The van der Waals surface area contributed by atoms with Crippen LogP contribution in [-0.2, 0) is 0 Å². The molecule has 52 valence electrons. The third kappa shape index (κ3) is 1.78. The van der Waals surface area contributed by atoms with Crippen LogP contribution < -0.4 is 5.73 Å². The second-order valence-corrected chi connectivity index (χ2v) is 2.21. The van der Waals surface area contributed by atoms with Crippen LogP contribution in [0.5, 0.6) is 0 Å². The summed E-state index contributed by atoms with van der Waals surface area (Å²) >= 11 is 5.36. The average molecular weight is 154 g/mol. The second kappa shape index (κ2) is 3.28. The molecule has 0 saturated heterocycles. The fourth-order valence-electron chi connectivity index (χ4n) is 0.680. The number of benzene rings is 1. The number of nitrogen functional groups attached to an aromatic ring is 1. The van der Waals surface area contributed by atoms with Crippen molar-refractivity contribution in [3.8, 4) is 0 Å². The minimum Gasteiger partial charge on any atom is -0.399 e. The van der Waals surface area contributed by atoms with Crippen molar-refractivity contribution in [1.29, 1.82) is 0 Å². The molecule has 0 heterocycles. The summed E-state index contributed by atoms with van der Waals surface area (Å²) in [6.07, 6.45) is 1.81. The molecule has 0 bridgehead atoms. The molecular formula is C8H8ClN. The van der Waals surface area contributed by atoms with Gasteiger partial charge in [0.05, 0.1) is 0 Å². The van der Waals surface area contributed by atoms with Crippen molar-refractivity contribution in [2.75, 3.05) is 5.73 Å². The zero-order valence-corrected chi connectivity index (χ0v) is 6.18. The van der Waals surface area contributed by atoms with Gasteiger partial charge in [-0.3, -0.25) is 0 Å². The van der Waals surface area contributed by atoms with Crippen LogP contribution in [-0.4, -0.2) is 0 Å². The Morgan fingerprint density at radius 1 is 1.20 bits per heavy atom. The van der Waals surface area contributed by atoms with E-state index < -0.39 is 0 Å². The first-order valence-electron chi connectivity index (χ1n) is 2.95. The van der Waals surface area contributed by atoms with Crippen molar-refractivity contribution in [1.82, 2.24) is 0 Å². The Morgan fingerprint density at radius 3 is 2.30 bits per heavy atom. The van der Waals surface area contributed by atoms with E-state index in [1.807, 2.05) is 24.3 Å². The molecule has 0 amide bonds. The zero-order valence-electron chi connectivity index (χ0n) is 5.42. The summed E-state index contributed by atoms with van der Waals surface area (Å²) in [5.74, 6) is 0. The molecule has 1 nitrogen and oxygen atoms in total. The highest BCUT2D eigenvalue weighted by atomic mass is 35.5. The maximum atomic E-state index is 5.47. The largest absolute Gasteiger partial charge is 0.399 e. The van der Waals surface area contributed by atoms with Crippen molar-refractivity contribution in [2.24, 2.45) is 0 Å². The lowest BCUT2D eigenvalue weighted by atomic mass is 10.2. The van der Waals surface area contributed by atoms with E-state index in [4.69, 9.17) is 17.3 Å². The molecule has 0 fully saturated rings. The molecule has 1 rings (SSSR count). The Balaban J connectivity index is 2.89. The minimum atomic E-state index is 0.770. The highest BCUT2D eigenvalue weighted by Gasteiger charge is 1.84. The van der Waals surface area contributed by atoms with Crippen LogP contribution in [0.1, 0.15) is 5.56 Å². The van der Waals surface area contributed by atoms with Crippen LogP contribution in [0.3, 0.4) is 0 Å². The molecule has 0 aliphatic carbocycles. The molecule has 0 saturated carbocycles. The van der Waals surface area contributed by atoms with Gasteiger partial charge in [-0.2, -0.15) is 0 Å². The molecule has 2 N–H and O–H groups in total. The summed E-state index contributed by atoms with van der Waals surface area (Å²) in [5, 5.41) is 0. The number of halogens is 1. The van der Waals surface area contributed by atoms with E-state index in [1.165, 1.54) is 5.54 Å². The molecule has 10 heavy (non-hydrogen) atoms. The van der Waals surface area contributed by atoms with Gasteiger partial charge in [0.2, 0.25) is 0 Å². The molecule has 0 spiro atoms. The van der Waals surface area contributed by atoms with Crippen molar-refractivity contribution < 1.29 is 0 Å². The fourth-order valence-corrected chi connectivity index (χ4v) is 0.825. The molecule has 1 aromatic carbocycles. The molecule has 0 radical (unpaired) electrons. The van der Waals surface area contributed by atoms with Crippen molar-refractivity contribution >= 4 is 23.4 Å². The Bertz CT molecular complexity index is 226. The lowest BCUT2D eigenvalue weighted by Gasteiger charge is -1.92. The van der Waals surface area contributed by atoms with Crippen molar-refractivity contribution in [2.45, 2.75) is 0 Å². The summed E-state index contributed by atoms with van der Waals surface area (Å²) < 4.78 is 0. The van der Waals surface area contributed by atoms with Gasteiger partial charge < -0.3 is 5.73 Å². The topological polar surface area (TPSA) is 26.0 Å². The van der Waals surface area contributed by atoms with Gasteiger partial charge >= 0.3 is 0 Å². The number of nitrogens with two attached hydrogens (primary N) is 1. The molecule has 0 aliphatic heterocycles. The van der Waals surface area contributed by atoms with Gasteiger partial charge in [-0.1, -0.05) is 23.7 Å². The van der Waals surface area contributed by atoms with Crippen LogP contribution in [0.4, 0.5) is 5.69 Å². The summed E-state index contributed by atoms with van der Waals surface area (Å²) in [6.45, 7) is 0. The van der Waals surface area contributed by atoms with Crippen LogP contribution in [0.25, 0.3) is 6.08 Å². The van der Waals surface area contributed by atoms with Gasteiger partial charge in [0.25, 0.3) is 0 Å². The summed E-state index contributed by atoms with van der Waals surface area (Å²) in [7, 11) is 0. The molecule has 0 aliphatic rings. The Labute approximate surface area is 65.1 Å². The molecule has 2 heteroatoms. The van der Waals surface area contributed by atoms with Gasteiger partial charge in [-0.25, -0.2) is 0 Å². The second-order valence-electron chi connectivity index (χ2n) is 1.96. The predicted octanol–water partition coefficient (Wildman–Crippen LogP) is 2.48. The number of rotatable bonds is 1. The van der Waals surface area contributed by atoms with Gasteiger partial charge in [0.1, 0.15) is 0 Å². The lowest BCUT2D eigenvalue weighted by Crippen LogP contribution is -1.82. The smallest absolute Gasteiger partial charge is 0.0314 e. The highest BCUT2D eigenvalue weighted by molar-refractivity contribution is 6.27. The summed E-state index contributed by atoms with van der Waals surface area (Å²) in [5.41, 5.74) is 8.77. The first kappa shape index (κ1) is 7.16. The van der Waals surface area contributed by atoms with E-state index in [9.17, 15) is 0 Å². The molecule has 1 aromatic rings. The lowest BCUT2D eigenvalue weighted by molar-refractivity contribution is 1.65. The van der Waals surface area contributed by atoms with Crippen LogP contribution >= 0.6 is 11.6 Å². The maximum Gasteiger partial charge on any atom is 0.0314 e. The average Bonchev–Trinajstić information content (AvgIpc) is 1.95. The molecular weight excluding hydrogens is 146 g/mol. The highest BCUT2D eigenvalue weighted by Crippen LogP contribution is 2.06. The van der Waals surface area contributed by atoms with E-state index in [1.54, 1.807) is 6.08 Å². The van der Waals surface area contributed by atoms with Gasteiger partial charge in [-0.15, -0.1) is 0 Å². The van der Waals surface area contributed by atoms with Crippen LogP contribution in [0, 0.1) is 0 Å². The monoisotopic (exact) mass is 153 g/mol. The number of hydrogen-bond donors (Lipinski definition) is 1. The van der Waals surface area contributed by atoms with Gasteiger partial charge in [-0.05, 0) is 23.8 Å². The first-order chi connectivity index (χ1) is 4.83. The van der Waals surface area contributed by atoms with Crippen molar-refractivity contribution in [3.05, 3.63) is 35.4 Å². The Hall–Kier alpha value is -0.950. The number of anilines is 1. The standard InChI is InChI=1S/C8H8ClN/c9-6-5-7-1-3-8(10)4-2-7/h1-6H,10H2. The quantitative estimate of drug-likeness (QED) is 0.617. The van der Waals surface area contributed by atoms with Gasteiger partial charge in [0.15, 0.2) is 0 Å². The normalized spacial score (nSPS) is 10.5. The zero-order chi connectivity index (χ0) is 7.40. The third-order valence-corrected chi connectivity index (χ3v) is 1.32. The third-order valence-electron chi connectivity index (χ3n) is 1.19. The van der Waals surface area contributed by atoms with E-state index >= 15 is 0 Å². The van der Waals surface area contributed by atoms with E-state index in [0.717, 1.165) is 11.3 Å². The van der Waals surface area contributed by atoms with Crippen LogP contribution in [0.2, 0.25) is 0 Å². The predicted molar refractivity (Wildman–Crippen MR) is 45.7 cm³/mol. The Kier molecular flexibility index (Phi) is 2.35. The van der Waals surface area contributed by atoms with E-state index in [2.05, 4.69) is 0 Å². The molecule has 0 atom stereocenters. The van der Waals surface area contributed by atoms with Gasteiger partial charge in [0, 0.05) is 11.2 Å². The van der Waals surface area contributed by atoms with Crippen molar-refractivity contribution in [3.63, 3.8) is 0 Å². The number of hydrogen-bond acceptors (Lipinski definition) is 1.